The van der Waals surface area contributed by atoms with Crippen molar-refractivity contribution in [1.82, 2.24) is 10.2 Å². The second kappa shape index (κ2) is 8.96. The van der Waals surface area contributed by atoms with Crippen LogP contribution < -0.4 is 9.47 Å². The first kappa shape index (κ1) is 22.4. The molecule has 2 saturated carbocycles. The van der Waals surface area contributed by atoms with Crippen LogP contribution in [0.15, 0.2) is 30.5 Å². The first-order valence-corrected chi connectivity index (χ1v) is 10.7. The fraction of sp³-hybridized carbons (Fsp3) is 0.522. The number of halogens is 3. The second-order valence-corrected chi connectivity index (χ2v) is 8.60. The third kappa shape index (κ3) is 4.97. The van der Waals surface area contributed by atoms with E-state index in [1.54, 1.807) is 19.4 Å². The van der Waals surface area contributed by atoms with E-state index < -0.39 is 24.0 Å². The summed E-state index contributed by atoms with van der Waals surface area (Å²) < 4.78 is 49.6. The lowest BCUT2D eigenvalue weighted by atomic mass is 9.82. The van der Waals surface area contributed by atoms with Crippen LogP contribution in [0.5, 0.6) is 11.6 Å². The lowest BCUT2D eigenvalue weighted by molar-refractivity contribution is -0.184. The van der Waals surface area contributed by atoms with Crippen LogP contribution in [-0.4, -0.2) is 41.2 Å². The molecular formula is C23H25F3N2O4. The number of alkyl halides is 3. The number of benzene rings is 1. The normalized spacial score (nSPS) is 25.2. The largest absolute Gasteiger partial charge is 0.496 e. The van der Waals surface area contributed by atoms with Gasteiger partial charge in [0, 0.05) is 17.5 Å². The third-order valence-electron chi connectivity index (χ3n) is 6.48. The highest BCUT2D eigenvalue weighted by atomic mass is 19.4. The Bertz CT molecular complexity index is 974. The topological polar surface area (TPSA) is 81.5 Å². The number of hydrogen-bond acceptors (Lipinski definition) is 5. The van der Waals surface area contributed by atoms with E-state index in [4.69, 9.17) is 9.47 Å². The zero-order valence-electron chi connectivity index (χ0n) is 17.6. The lowest BCUT2D eigenvalue weighted by Crippen LogP contribution is -2.29. The predicted molar refractivity (Wildman–Crippen MR) is 110 cm³/mol. The first-order chi connectivity index (χ1) is 15.3. The van der Waals surface area contributed by atoms with E-state index >= 15 is 0 Å². The number of hydrogen-bond donors (Lipinski definition) is 1. The van der Waals surface area contributed by atoms with Crippen LogP contribution in [0.25, 0.3) is 11.1 Å². The predicted octanol–water partition coefficient (Wildman–Crippen LogP) is 5.09. The van der Waals surface area contributed by atoms with Gasteiger partial charge in [-0.05, 0) is 61.3 Å². The molecule has 0 radical (unpaired) electrons. The Morgan fingerprint density at radius 3 is 2.53 bits per heavy atom. The average Bonchev–Trinajstić information content (AvgIpc) is 3.58. The summed E-state index contributed by atoms with van der Waals surface area (Å²) in [6.07, 6.45) is -0.722. The molecule has 0 spiro atoms. The molecule has 0 saturated heterocycles. The SMILES string of the molecule is COc1ccc(-c2cnnc(OCC3CCC(C(F)(F)F)CC3)c2)cc1[C@@H]1C[C@H]1C(=O)O. The Balaban J connectivity index is 1.42. The van der Waals surface area contributed by atoms with Crippen LogP contribution in [0.1, 0.15) is 43.6 Å². The molecule has 2 fully saturated rings. The van der Waals surface area contributed by atoms with Gasteiger partial charge in [-0.3, -0.25) is 4.79 Å². The molecule has 1 N–H and O–H groups in total. The highest BCUT2D eigenvalue weighted by Gasteiger charge is 2.45. The smallest absolute Gasteiger partial charge is 0.391 e. The molecule has 2 aliphatic carbocycles. The van der Waals surface area contributed by atoms with Crippen LogP contribution in [0.2, 0.25) is 0 Å². The third-order valence-corrected chi connectivity index (χ3v) is 6.48. The van der Waals surface area contributed by atoms with Crippen molar-refractivity contribution in [2.45, 2.75) is 44.2 Å². The van der Waals surface area contributed by atoms with Gasteiger partial charge in [0.15, 0.2) is 0 Å². The fourth-order valence-corrected chi connectivity index (χ4v) is 4.45. The maximum atomic E-state index is 12.8. The van der Waals surface area contributed by atoms with Crippen molar-refractivity contribution in [1.29, 1.82) is 0 Å². The fourth-order valence-electron chi connectivity index (χ4n) is 4.45. The van der Waals surface area contributed by atoms with Gasteiger partial charge in [-0.2, -0.15) is 18.3 Å². The van der Waals surface area contributed by atoms with Crippen molar-refractivity contribution < 1.29 is 32.5 Å². The van der Waals surface area contributed by atoms with E-state index in [9.17, 15) is 23.1 Å². The Morgan fingerprint density at radius 1 is 1.16 bits per heavy atom. The number of rotatable bonds is 7. The van der Waals surface area contributed by atoms with Gasteiger partial charge in [0.1, 0.15) is 5.75 Å². The zero-order chi connectivity index (χ0) is 22.9. The molecule has 0 aliphatic heterocycles. The van der Waals surface area contributed by atoms with Gasteiger partial charge in [0.05, 0.1) is 31.7 Å². The molecule has 1 aromatic heterocycles. The van der Waals surface area contributed by atoms with Crippen LogP contribution in [-0.2, 0) is 4.79 Å². The Kier molecular flexibility index (Phi) is 6.26. The van der Waals surface area contributed by atoms with E-state index in [-0.39, 0.29) is 24.7 Å². The molecule has 32 heavy (non-hydrogen) atoms. The summed E-state index contributed by atoms with van der Waals surface area (Å²) in [7, 11) is 1.55. The summed E-state index contributed by atoms with van der Waals surface area (Å²) in [5.74, 6) is -1.48. The Labute approximate surface area is 183 Å². The molecule has 6 nitrogen and oxygen atoms in total. The summed E-state index contributed by atoms with van der Waals surface area (Å²) in [6.45, 7) is 0.305. The number of ether oxygens (including phenoxy) is 2. The first-order valence-electron chi connectivity index (χ1n) is 10.7. The molecule has 2 aliphatic rings. The van der Waals surface area contributed by atoms with Crippen LogP contribution in [0, 0.1) is 17.8 Å². The minimum Gasteiger partial charge on any atom is -0.496 e. The molecule has 2 atom stereocenters. The zero-order valence-corrected chi connectivity index (χ0v) is 17.6. The second-order valence-electron chi connectivity index (χ2n) is 8.60. The number of carboxylic acid groups (broad SMARTS) is 1. The summed E-state index contributed by atoms with van der Waals surface area (Å²) in [6, 6.07) is 7.31. The number of nitrogens with zero attached hydrogens (tertiary/aromatic N) is 2. The van der Waals surface area contributed by atoms with Crippen molar-refractivity contribution in [2.75, 3.05) is 13.7 Å². The highest BCUT2D eigenvalue weighted by molar-refractivity contribution is 5.76. The van der Waals surface area contributed by atoms with Gasteiger partial charge >= 0.3 is 12.1 Å². The molecular weight excluding hydrogens is 425 g/mol. The highest BCUT2D eigenvalue weighted by Crippen LogP contribution is 2.51. The average molecular weight is 450 g/mol. The molecule has 9 heteroatoms. The maximum absolute atomic E-state index is 12.8. The monoisotopic (exact) mass is 450 g/mol. The van der Waals surface area contributed by atoms with Crippen LogP contribution in [0.3, 0.4) is 0 Å². The summed E-state index contributed by atoms with van der Waals surface area (Å²) >= 11 is 0. The molecule has 0 amide bonds. The molecule has 0 unspecified atom stereocenters. The van der Waals surface area contributed by atoms with Crippen molar-refractivity contribution in [3.8, 4) is 22.8 Å². The number of methoxy groups -OCH3 is 1. The molecule has 0 bridgehead atoms. The number of aromatic nitrogens is 2. The Morgan fingerprint density at radius 2 is 1.91 bits per heavy atom. The quantitative estimate of drug-likeness (QED) is 0.633. The maximum Gasteiger partial charge on any atom is 0.391 e. The van der Waals surface area contributed by atoms with Gasteiger partial charge in [-0.15, -0.1) is 5.10 Å². The standard InChI is InChI=1S/C23H25F3N2O4/c1-31-20-7-4-14(8-18(20)17-10-19(17)22(29)30)15-9-21(28-27-11-15)32-12-13-2-5-16(6-3-13)23(24,25)26/h4,7-9,11,13,16-17,19H,2-3,5-6,10,12H2,1H3,(H,29,30)/t13?,16?,17-,19+/m0/s1. The van der Waals surface area contributed by atoms with E-state index in [2.05, 4.69) is 10.2 Å². The van der Waals surface area contributed by atoms with E-state index in [1.165, 1.54) is 0 Å². The minimum atomic E-state index is -4.12. The van der Waals surface area contributed by atoms with Crippen molar-refractivity contribution in [3.05, 3.63) is 36.0 Å². The van der Waals surface area contributed by atoms with E-state index in [0.717, 1.165) is 16.7 Å². The van der Waals surface area contributed by atoms with Crippen molar-refractivity contribution >= 4 is 5.97 Å². The van der Waals surface area contributed by atoms with E-state index in [0.29, 0.717) is 37.5 Å². The number of aliphatic carboxylic acids is 1. The van der Waals surface area contributed by atoms with Gasteiger partial charge in [0.25, 0.3) is 0 Å². The number of carbonyl (C=O) groups is 1. The molecule has 1 aromatic carbocycles. The van der Waals surface area contributed by atoms with Crippen LogP contribution >= 0.6 is 0 Å². The van der Waals surface area contributed by atoms with Gasteiger partial charge in [-0.25, -0.2) is 0 Å². The minimum absolute atomic E-state index is 0.0643. The lowest BCUT2D eigenvalue weighted by Gasteiger charge is -2.29. The molecule has 1 heterocycles. The Hall–Kier alpha value is -2.84. The van der Waals surface area contributed by atoms with Gasteiger partial charge in [-0.1, -0.05) is 6.07 Å². The molecule has 172 valence electrons. The van der Waals surface area contributed by atoms with Gasteiger partial charge in [0.2, 0.25) is 5.88 Å². The number of carboxylic acids is 1. The molecule has 2 aromatic rings. The molecule has 4 rings (SSSR count). The summed E-state index contributed by atoms with van der Waals surface area (Å²) in [4.78, 5) is 11.3. The van der Waals surface area contributed by atoms with Gasteiger partial charge < -0.3 is 14.6 Å². The van der Waals surface area contributed by atoms with Crippen molar-refractivity contribution in [3.63, 3.8) is 0 Å². The van der Waals surface area contributed by atoms with E-state index in [1.807, 2.05) is 18.2 Å². The van der Waals surface area contributed by atoms with Crippen LogP contribution in [0.4, 0.5) is 13.2 Å². The summed E-state index contributed by atoms with van der Waals surface area (Å²) in [5.41, 5.74) is 2.44. The summed E-state index contributed by atoms with van der Waals surface area (Å²) in [5, 5.41) is 17.2. The van der Waals surface area contributed by atoms with Crippen molar-refractivity contribution in [2.24, 2.45) is 17.8 Å².